The fourth-order valence-electron chi connectivity index (χ4n) is 1.28. The molecule has 4 heteroatoms. The molecule has 0 unspecified atom stereocenters. The first-order chi connectivity index (χ1) is 5.34. The van der Waals surface area contributed by atoms with Gasteiger partial charge in [-0.1, -0.05) is 32.4 Å². The van der Waals surface area contributed by atoms with Gasteiger partial charge in [-0.3, -0.25) is 4.68 Å². The quantitative estimate of drug-likeness (QED) is 0.673. The van der Waals surface area contributed by atoms with Crippen LogP contribution in [0, 0.1) is 3.70 Å². The molecule has 1 aromatic heterocycles. The zero-order valence-corrected chi connectivity index (χ0v) is 10.6. The van der Waals surface area contributed by atoms with Crippen molar-refractivity contribution in [2.24, 2.45) is 7.05 Å². The lowest BCUT2D eigenvalue weighted by atomic mass is 9.92. The van der Waals surface area contributed by atoms with Gasteiger partial charge in [0.2, 0.25) is 0 Å². The van der Waals surface area contributed by atoms with Crippen LogP contribution in [0.5, 0.6) is 0 Å². The SMILES string of the molecule is Cn1nc(I)c(Cl)c1C(C)(C)C. The van der Waals surface area contributed by atoms with Crippen LogP contribution in [0.2, 0.25) is 5.02 Å². The normalized spacial score (nSPS) is 12.2. The van der Waals surface area contributed by atoms with Crippen LogP contribution in [0.3, 0.4) is 0 Å². The minimum Gasteiger partial charge on any atom is -0.269 e. The van der Waals surface area contributed by atoms with E-state index in [1.165, 1.54) is 0 Å². The Balaban J connectivity index is 3.32. The van der Waals surface area contributed by atoms with Crippen molar-refractivity contribution in [3.8, 4) is 0 Å². The lowest BCUT2D eigenvalue weighted by Gasteiger charge is -2.18. The molecule has 1 aromatic rings. The van der Waals surface area contributed by atoms with Gasteiger partial charge in [0, 0.05) is 12.5 Å². The van der Waals surface area contributed by atoms with E-state index in [2.05, 4.69) is 48.5 Å². The Bertz CT molecular complexity index is 299. The van der Waals surface area contributed by atoms with Crippen LogP contribution in [-0.2, 0) is 12.5 Å². The Morgan fingerprint density at radius 2 is 1.92 bits per heavy atom. The average Bonchev–Trinajstić information content (AvgIpc) is 2.05. The third-order valence-electron chi connectivity index (χ3n) is 1.66. The van der Waals surface area contributed by atoms with E-state index in [0.717, 1.165) is 14.4 Å². The summed E-state index contributed by atoms with van der Waals surface area (Å²) in [5.74, 6) is 0. The van der Waals surface area contributed by atoms with E-state index in [4.69, 9.17) is 11.6 Å². The summed E-state index contributed by atoms with van der Waals surface area (Å²) in [5, 5.41) is 5.03. The number of aromatic nitrogens is 2. The van der Waals surface area contributed by atoms with Gasteiger partial charge in [-0.15, -0.1) is 0 Å². The van der Waals surface area contributed by atoms with E-state index in [9.17, 15) is 0 Å². The number of hydrogen-bond donors (Lipinski definition) is 0. The third-order valence-corrected chi connectivity index (χ3v) is 3.09. The van der Waals surface area contributed by atoms with E-state index >= 15 is 0 Å². The second kappa shape index (κ2) is 3.18. The molecule has 2 nitrogen and oxygen atoms in total. The first-order valence-electron chi connectivity index (χ1n) is 3.72. The van der Waals surface area contributed by atoms with E-state index in [0.29, 0.717) is 0 Å². The lowest BCUT2D eigenvalue weighted by Crippen LogP contribution is -2.16. The summed E-state index contributed by atoms with van der Waals surface area (Å²) in [6, 6.07) is 0. The first-order valence-corrected chi connectivity index (χ1v) is 5.18. The minimum absolute atomic E-state index is 0.0578. The van der Waals surface area contributed by atoms with Crippen molar-refractivity contribution in [1.82, 2.24) is 9.78 Å². The van der Waals surface area contributed by atoms with Gasteiger partial charge in [-0.2, -0.15) is 5.10 Å². The highest BCUT2D eigenvalue weighted by Gasteiger charge is 2.23. The largest absolute Gasteiger partial charge is 0.269 e. The van der Waals surface area contributed by atoms with E-state index < -0.39 is 0 Å². The highest BCUT2D eigenvalue weighted by atomic mass is 127. The summed E-state index contributed by atoms with van der Waals surface area (Å²) in [4.78, 5) is 0. The van der Waals surface area contributed by atoms with Crippen LogP contribution in [0.4, 0.5) is 0 Å². The van der Waals surface area contributed by atoms with Crippen LogP contribution in [0.15, 0.2) is 0 Å². The molecule has 12 heavy (non-hydrogen) atoms. The van der Waals surface area contributed by atoms with Crippen molar-refractivity contribution in [2.75, 3.05) is 0 Å². The van der Waals surface area contributed by atoms with E-state index in [-0.39, 0.29) is 5.41 Å². The molecule has 0 radical (unpaired) electrons. The summed E-state index contributed by atoms with van der Waals surface area (Å²) in [5.41, 5.74) is 1.15. The Morgan fingerprint density at radius 3 is 2.08 bits per heavy atom. The number of rotatable bonds is 0. The molecule has 0 saturated heterocycles. The molecule has 68 valence electrons. The van der Waals surface area contributed by atoms with E-state index in [1.807, 2.05) is 11.7 Å². The van der Waals surface area contributed by atoms with Gasteiger partial charge in [0.25, 0.3) is 0 Å². The molecule has 0 fully saturated rings. The molecule has 0 atom stereocenters. The molecule has 0 spiro atoms. The van der Waals surface area contributed by atoms with Crippen LogP contribution >= 0.6 is 34.2 Å². The van der Waals surface area contributed by atoms with Crippen molar-refractivity contribution in [3.63, 3.8) is 0 Å². The summed E-state index contributed by atoms with van der Waals surface area (Å²) in [6.07, 6.45) is 0. The van der Waals surface area contributed by atoms with Crippen molar-refractivity contribution < 1.29 is 0 Å². The summed E-state index contributed by atoms with van der Waals surface area (Å²) < 4.78 is 2.73. The zero-order valence-electron chi connectivity index (χ0n) is 7.65. The third kappa shape index (κ3) is 1.76. The van der Waals surface area contributed by atoms with Gasteiger partial charge in [0.05, 0.1) is 10.7 Å². The smallest absolute Gasteiger partial charge is 0.142 e. The molecule has 1 rings (SSSR count). The zero-order chi connectivity index (χ0) is 9.52. The highest BCUT2D eigenvalue weighted by Crippen LogP contribution is 2.31. The Kier molecular flexibility index (Phi) is 2.73. The Morgan fingerprint density at radius 1 is 1.42 bits per heavy atom. The Hall–Kier alpha value is 0.230. The summed E-state index contributed by atoms with van der Waals surface area (Å²) >= 11 is 8.25. The molecule has 0 N–H and O–H groups in total. The molecule has 0 aliphatic carbocycles. The first kappa shape index (κ1) is 10.3. The number of hydrogen-bond acceptors (Lipinski definition) is 1. The van der Waals surface area contributed by atoms with Gasteiger partial charge < -0.3 is 0 Å². The molecule has 0 aliphatic rings. The maximum atomic E-state index is 6.11. The predicted molar refractivity (Wildman–Crippen MR) is 59.6 cm³/mol. The van der Waals surface area contributed by atoms with Gasteiger partial charge in [0.1, 0.15) is 3.70 Å². The summed E-state index contributed by atoms with van der Waals surface area (Å²) in [7, 11) is 1.93. The molecular formula is C8H12ClIN2. The van der Waals surface area contributed by atoms with Crippen molar-refractivity contribution >= 4 is 34.2 Å². The molecule has 1 heterocycles. The second-order valence-electron chi connectivity index (χ2n) is 3.83. The van der Waals surface area contributed by atoms with Gasteiger partial charge in [-0.25, -0.2) is 0 Å². The van der Waals surface area contributed by atoms with Crippen LogP contribution in [0.25, 0.3) is 0 Å². The van der Waals surface area contributed by atoms with Gasteiger partial charge >= 0.3 is 0 Å². The fraction of sp³-hybridized carbons (Fsp3) is 0.625. The fourth-order valence-corrected chi connectivity index (χ4v) is 2.30. The number of nitrogens with zero attached hydrogens (tertiary/aromatic N) is 2. The van der Waals surface area contributed by atoms with Crippen molar-refractivity contribution in [3.05, 3.63) is 14.4 Å². The van der Waals surface area contributed by atoms with Gasteiger partial charge in [-0.05, 0) is 22.6 Å². The van der Waals surface area contributed by atoms with Gasteiger partial charge in [0.15, 0.2) is 0 Å². The Labute approximate surface area is 91.4 Å². The summed E-state index contributed by atoms with van der Waals surface area (Å²) in [6.45, 7) is 6.39. The second-order valence-corrected chi connectivity index (χ2v) is 5.23. The molecule has 0 saturated carbocycles. The van der Waals surface area contributed by atoms with Crippen LogP contribution < -0.4 is 0 Å². The van der Waals surface area contributed by atoms with Crippen LogP contribution in [-0.4, -0.2) is 9.78 Å². The molecule has 0 amide bonds. The topological polar surface area (TPSA) is 17.8 Å². The van der Waals surface area contributed by atoms with E-state index in [1.54, 1.807) is 0 Å². The van der Waals surface area contributed by atoms with Crippen molar-refractivity contribution in [2.45, 2.75) is 26.2 Å². The number of aryl methyl sites for hydroxylation is 1. The average molecular weight is 299 g/mol. The maximum absolute atomic E-state index is 6.11. The lowest BCUT2D eigenvalue weighted by molar-refractivity contribution is 0.523. The minimum atomic E-state index is 0.0578. The van der Waals surface area contributed by atoms with Crippen molar-refractivity contribution in [1.29, 1.82) is 0 Å². The molecule has 0 aromatic carbocycles. The molecule has 0 bridgehead atoms. The molecular weight excluding hydrogens is 286 g/mol. The number of halogens is 2. The van der Waals surface area contributed by atoms with Crippen LogP contribution in [0.1, 0.15) is 26.5 Å². The monoisotopic (exact) mass is 298 g/mol. The standard InChI is InChI=1S/C8H12ClIN2/c1-8(2,3)6-5(9)7(10)11-12(6)4/h1-4H3. The maximum Gasteiger partial charge on any atom is 0.142 e. The predicted octanol–water partition coefficient (Wildman–Crippen LogP) is 2.98. The highest BCUT2D eigenvalue weighted by molar-refractivity contribution is 14.1. The molecule has 0 aliphatic heterocycles.